The fourth-order valence-corrected chi connectivity index (χ4v) is 2.55. The Bertz CT molecular complexity index is 211. The van der Waals surface area contributed by atoms with Crippen LogP contribution in [0.3, 0.4) is 0 Å². The van der Waals surface area contributed by atoms with E-state index in [1.165, 1.54) is 11.8 Å². The quantitative estimate of drug-likeness (QED) is 0.675. The topological polar surface area (TPSA) is 23.6 Å². The molecule has 0 radical (unpaired) electrons. The second-order valence-electron chi connectivity index (χ2n) is 3.21. The number of nitrogens with zero attached hydrogens (tertiary/aromatic N) is 2. The maximum Gasteiger partial charge on any atom is 0.253 e. The van der Waals surface area contributed by atoms with E-state index in [0.717, 1.165) is 25.9 Å². The molecule has 1 heterocycles. The van der Waals surface area contributed by atoms with E-state index in [-0.39, 0.29) is 5.91 Å². The molecule has 0 aromatic heterocycles. The molecular formula is C9H16N2OS2. The van der Waals surface area contributed by atoms with Crippen molar-refractivity contribution in [3.63, 3.8) is 0 Å². The van der Waals surface area contributed by atoms with Crippen LogP contribution in [0.25, 0.3) is 0 Å². The zero-order valence-corrected chi connectivity index (χ0v) is 10.3. The summed E-state index contributed by atoms with van der Waals surface area (Å²) in [5, 5.41) is 3.73. The van der Waals surface area contributed by atoms with Gasteiger partial charge in [-0.25, -0.2) is 10.0 Å². The highest BCUT2D eigenvalue weighted by atomic mass is 32.2. The lowest BCUT2D eigenvalue weighted by Crippen LogP contribution is -2.46. The first-order valence-corrected chi connectivity index (χ1v) is 6.34. The summed E-state index contributed by atoms with van der Waals surface area (Å²) in [6, 6.07) is 0. The number of amides is 1. The van der Waals surface area contributed by atoms with Gasteiger partial charge in [-0.1, -0.05) is 37.8 Å². The fraction of sp³-hybridized carbons (Fsp3) is 0.778. The maximum atomic E-state index is 11.6. The van der Waals surface area contributed by atoms with Crippen molar-refractivity contribution in [3.8, 4) is 0 Å². The van der Waals surface area contributed by atoms with Crippen molar-refractivity contribution >= 4 is 34.2 Å². The number of carbonyl (C=O) groups excluding carboxylic acids is 1. The van der Waals surface area contributed by atoms with Crippen LogP contribution in [0.1, 0.15) is 26.7 Å². The first-order chi connectivity index (χ1) is 6.70. The van der Waals surface area contributed by atoms with Gasteiger partial charge in [0.1, 0.15) is 0 Å². The third-order valence-corrected chi connectivity index (χ3v) is 3.31. The first kappa shape index (κ1) is 11.9. The largest absolute Gasteiger partial charge is 0.272 e. The highest BCUT2D eigenvalue weighted by molar-refractivity contribution is 8.23. The van der Waals surface area contributed by atoms with Crippen LogP contribution in [-0.4, -0.2) is 39.1 Å². The summed E-state index contributed by atoms with van der Waals surface area (Å²) in [5.74, 6) is 0.629. The Labute approximate surface area is 94.8 Å². The molecule has 1 saturated heterocycles. The van der Waals surface area contributed by atoms with Crippen LogP contribution >= 0.6 is 24.0 Å². The van der Waals surface area contributed by atoms with Crippen LogP contribution in [0.5, 0.6) is 0 Å². The van der Waals surface area contributed by atoms with Gasteiger partial charge in [0, 0.05) is 13.1 Å². The van der Waals surface area contributed by atoms with E-state index in [1.807, 2.05) is 0 Å². The van der Waals surface area contributed by atoms with E-state index in [1.54, 1.807) is 5.01 Å². The van der Waals surface area contributed by atoms with Crippen LogP contribution in [0.4, 0.5) is 0 Å². The Morgan fingerprint density at radius 3 is 2.36 bits per heavy atom. The van der Waals surface area contributed by atoms with E-state index < -0.39 is 0 Å². The molecule has 0 saturated carbocycles. The monoisotopic (exact) mass is 232 g/mol. The van der Waals surface area contributed by atoms with Gasteiger partial charge in [-0.2, -0.15) is 0 Å². The summed E-state index contributed by atoms with van der Waals surface area (Å²) in [6.45, 7) is 6.03. The summed E-state index contributed by atoms with van der Waals surface area (Å²) >= 11 is 6.61. The number of rotatable bonds is 5. The molecule has 0 N–H and O–H groups in total. The highest BCUT2D eigenvalue weighted by Gasteiger charge is 2.30. The van der Waals surface area contributed by atoms with Crippen LogP contribution < -0.4 is 0 Å². The van der Waals surface area contributed by atoms with E-state index >= 15 is 0 Å². The molecule has 0 atom stereocenters. The fourth-order valence-electron chi connectivity index (χ4n) is 1.45. The highest BCUT2D eigenvalue weighted by Crippen LogP contribution is 2.21. The Balaban J connectivity index is 2.65. The molecule has 80 valence electrons. The molecule has 3 nitrogen and oxygen atoms in total. The van der Waals surface area contributed by atoms with Gasteiger partial charge in [0.25, 0.3) is 5.91 Å². The van der Waals surface area contributed by atoms with Crippen molar-refractivity contribution in [3.05, 3.63) is 0 Å². The van der Waals surface area contributed by atoms with Crippen LogP contribution in [0.2, 0.25) is 0 Å². The minimum absolute atomic E-state index is 0.127. The second-order valence-corrected chi connectivity index (χ2v) is 4.82. The Morgan fingerprint density at radius 2 is 2.00 bits per heavy atom. The standard InChI is InChI=1S/C9H16N2OS2/c1-3-5-10(6-4-2)11-8(12)7-14-9(11)13/h3-7H2,1-2H3. The molecule has 0 unspecified atom stereocenters. The average Bonchev–Trinajstić information content (AvgIpc) is 2.46. The molecule has 0 bridgehead atoms. The van der Waals surface area contributed by atoms with Gasteiger partial charge in [-0.05, 0) is 12.8 Å². The molecular weight excluding hydrogens is 216 g/mol. The smallest absolute Gasteiger partial charge is 0.253 e. The van der Waals surface area contributed by atoms with Gasteiger partial charge in [0.05, 0.1) is 5.75 Å². The average molecular weight is 232 g/mol. The number of thiocarbonyl (C=S) groups is 1. The van der Waals surface area contributed by atoms with Crippen LogP contribution in [0.15, 0.2) is 0 Å². The Morgan fingerprint density at radius 1 is 1.43 bits per heavy atom. The molecule has 14 heavy (non-hydrogen) atoms. The van der Waals surface area contributed by atoms with E-state index in [2.05, 4.69) is 18.9 Å². The molecule has 5 heteroatoms. The van der Waals surface area contributed by atoms with E-state index in [4.69, 9.17) is 12.2 Å². The Hall–Kier alpha value is -0.130. The molecule has 1 aliphatic heterocycles. The van der Waals surface area contributed by atoms with E-state index in [9.17, 15) is 4.79 Å². The molecule has 1 rings (SSSR count). The summed E-state index contributed by atoms with van der Waals surface area (Å²) in [7, 11) is 0. The van der Waals surface area contributed by atoms with Gasteiger partial charge in [0.15, 0.2) is 4.32 Å². The van der Waals surface area contributed by atoms with Crippen molar-refractivity contribution in [2.24, 2.45) is 0 Å². The Kier molecular flexibility index (Phi) is 4.84. The third-order valence-electron chi connectivity index (χ3n) is 1.97. The van der Waals surface area contributed by atoms with Gasteiger partial charge < -0.3 is 0 Å². The van der Waals surface area contributed by atoms with Gasteiger partial charge in [-0.3, -0.25) is 4.79 Å². The molecule has 0 aromatic rings. The number of hydrogen-bond acceptors (Lipinski definition) is 4. The van der Waals surface area contributed by atoms with Gasteiger partial charge >= 0.3 is 0 Å². The van der Waals surface area contributed by atoms with Crippen molar-refractivity contribution in [2.75, 3.05) is 18.8 Å². The number of hydrogen-bond donors (Lipinski definition) is 0. The molecule has 1 amide bonds. The lowest BCUT2D eigenvalue weighted by Gasteiger charge is -2.30. The van der Waals surface area contributed by atoms with E-state index in [0.29, 0.717) is 10.1 Å². The number of thioether (sulfide) groups is 1. The van der Waals surface area contributed by atoms with Crippen LogP contribution in [0, 0.1) is 0 Å². The second kappa shape index (κ2) is 5.68. The van der Waals surface area contributed by atoms with Crippen LogP contribution in [-0.2, 0) is 4.79 Å². The molecule has 1 fully saturated rings. The molecule has 1 aliphatic rings. The lowest BCUT2D eigenvalue weighted by atomic mass is 10.4. The molecule has 0 aromatic carbocycles. The molecule has 0 aliphatic carbocycles. The number of carbonyl (C=O) groups is 1. The zero-order valence-electron chi connectivity index (χ0n) is 8.65. The minimum Gasteiger partial charge on any atom is -0.272 e. The summed E-state index contributed by atoms with van der Waals surface area (Å²) in [4.78, 5) is 11.6. The third kappa shape index (κ3) is 2.68. The summed E-state index contributed by atoms with van der Waals surface area (Å²) < 4.78 is 0.705. The van der Waals surface area contributed by atoms with Crippen molar-refractivity contribution in [2.45, 2.75) is 26.7 Å². The summed E-state index contributed by atoms with van der Waals surface area (Å²) in [6.07, 6.45) is 2.08. The van der Waals surface area contributed by atoms with Gasteiger partial charge in [0.2, 0.25) is 0 Å². The zero-order chi connectivity index (χ0) is 10.6. The van der Waals surface area contributed by atoms with Crippen molar-refractivity contribution in [1.82, 2.24) is 10.0 Å². The molecule has 0 spiro atoms. The predicted octanol–water partition coefficient (Wildman–Crippen LogP) is 1.88. The first-order valence-electron chi connectivity index (χ1n) is 4.95. The summed E-state index contributed by atoms with van der Waals surface area (Å²) in [5.41, 5.74) is 0. The maximum absolute atomic E-state index is 11.6. The normalized spacial score (nSPS) is 17.2. The van der Waals surface area contributed by atoms with Crippen molar-refractivity contribution in [1.29, 1.82) is 0 Å². The van der Waals surface area contributed by atoms with Gasteiger partial charge in [-0.15, -0.1) is 0 Å². The number of hydrazine groups is 1. The SMILES string of the molecule is CCCN(CCC)N1C(=O)CSC1=S. The lowest BCUT2D eigenvalue weighted by molar-refractivity contribution is -0.135. The predicted molar refractivity (Wildman–Crippen MR) is 64.1 cm³/mol. The minimum atomic E-state index is 0.127. The van der Waals surface area contributed by atoms with Crippen molar-refractivity contribution < 1.29 is 4.79 Å².